The fourth-order valence-corrected chi connectivity index (χ4v) is 3.02. The molecule has 2 heterocycles. The molecule has 3 rings (SSSR count). The first-order valence-corrected chi connectivity index (χ1v) is 6.79. The number of carbonyl (C=O) groups is 2. The predicted octanol–water partition coefficient (Wildman–Crippen LogP) is 1.91. The number of anilines is 1. The minimum atomic E-state index is -1.34. The van der Waals surface area contributed by atoms with Crippen LogP contribution in [-0.2, 0) is 11.2 Å². The number of hydrogen-bond donors (Lipinski definition) is 2. The standard InChI is InChI=1S/C15H13FN2O4/c1-7-2-3-8-12(17-6-19)11(16)4-9-13(8)18(7)5-10(14(9)20)15(21)22/h4-7H,2-3H2,1H3,(H,17,19)(H,21,22). The number of amides is 1. The van der Waals surface area contributed by atoms with E-state index in [1.807, 2.05) is 6.92 Å². The smallest absolute Gasteiger partial charge is 0.341 e. The molecule has 1 aromatic carbocycles. The van der Waals surface area contributed by atoms with Crippen molar-refractivity contribution in [2.45, 2.75) is 25.8 Å². The normalized spacial score (nSPS) is 16.5. The van der Waals surface area contributed by atoms with E-state index in [1.54, 1.807) is 4.57 Å². The molecule has 1 amide bonds. The van der Waals surface area contributed by atoms with Crippen molar-refractivity contribution in [1.29, 1.82) is 0 Å². The number of rotatable bonds is 3. The van der Waals surface area contributed by atoms with Crippen LogP contribution in [0.1, 0.15) is 35.3 Å². The molecule has 1 aliphatic rings. The van der Waals surface area contributed by atoms with E-state index in [-0.39, 0.29) is 22.7 Å². The third-order valence-electron chi connectivity index (χ3n) is 4.09. The molecule has 7 heteroatoms. The first-order chi connectivity index (χ1) is 10.5. The Balaban J connectivity index is 2.51. The fraction of sp³-hybridized carbons (Fsp3) is 0.267. The summed E-state index contributed by atoms with van der Waals surface area (Å²) in [5.74, 6) is -2.08. The van der Waals surface area contributed by atoms with Gasteiger partial charge in [-0.25, -0.2) is 9.18 Å². The summed E-state index contributed by atoms with van der Waals surface area (Å²) in [5.41, 5.74) is -0.0484. The minimum absolute atomic E-state index is 0.0235. The van der Waals surface area contributed by atoms with Crippen LogP contribution in [0.4, 0.5) is 10.1 Å². The van der Waals surface area contributed by atoms with Gasteiger partial charge in [0, 0.05) is 23.2 Å². The Hall–Kier alpha value is -2.70. The number of nitrogens with zero attached hydrogens (tertiary/aromatic N) is 1. The summed E-state index contributed by atoms with van der Waals surface area (Å²) in [4.78, 5) is 34.2. The van der Waals surface area contributed by atoms with Crippen LogP contribution in [0.2, 0.25) is 0 Å². The van der Waals surface area contributed by atoms with Gasteiger partial charge in [0.05, 0.1) is 11.2 Å². The number of halogens is 1. The Labute approximate surface area is 124 Å². The molecule has 0 fully saturated rings. The molecule has 1 aromatic heterocycles. The molecule has 6 nitrogen and oxygen atoms in total. The lowest BCUT2D eigenvalue weighted by molar-refractivity contribution is -0.105. The molecule has 2 N–H and O–H groups in total. The summed E-state index contributed by atoms with van der Waals surface area (Å²) in [6.07, 6.45) is 2.83. The SMILES string of the molecule is CC1CCc2c(NC=O)c(F)cc3c(=O)c(C(=O)O)cn1c23. The van der Waals surface area contributed by atoms with Gasteiger partial charge in [-0.2, -0.15) is 0 Å². The molecule has 0 bridgehead atoms. The van der Waals surface area contributed by atoms with E-state index in [2.05, 4.69) is 5.32 Å². The van der Waals surface area contributed by atoms with Gasteiger partial charge in [-0.15, -0.1) is 0 Å². The van der Waals surface area contributed by atoms with E-state index < -0.39 is 17.2 Å². The van der Waals surface area contributed by atoms with Crippen molar-refractivity contribution in [2.75, 3.05) is 5.32 Å². The first-order valence-electron chi connectivity index (χ1n) is 6.79. The highest BCUT2D eigenvalue weighted by Crippen LogP contribution is 2.35. The number of pyridine rings is 1. The maximum atomic E-state index is 14.2. The van der Waals surface area contributed by atoms with Crippen LogP contribution in [0.5, 0.6) is 0 Å². The Morgan fingerprint density at radius 1 is 1.55 bits per heavy atom. The van der Waals surface area contributed by atoms with Gasteiger partial charge in [-0.3, -0.25) is 9.59 Å². The maximum absolute atomic E-state index is 14.2. The van der Waals surface area contributed by atoms with Crippen LogP contribution >= 0.6 is 0 Å². The molecular formula is C15H13FN2O4. The first kappa shape index (κ1) is 14.2. The van der Waals surface area contributed by atoms with Crippen LogP contribution < -0.4 is 10.7 Å². The molecule has 1 unspecified atom stereocenters. The second-order valence-corrected chi connectivity index (χ2v) is 5.34. The van der Waals surface area contributed by atoms with Crippen LogP contribution in [0, 0.1) is 5.82 Å². The number of benzene rings is 1. The zero-order valence-corrected chi connectivity index (χ0v) is 11.7. The van der Waals surface area contributed by atoms with E-state index in [1.165, 1.54) is 6.20 Å². The zero-order chi connectivity index (χ0) is 16.0. The van der Waals surface area contributed by atoms with Crippen LogP contribution in [-0.4, -0.2) is 22.1 Å². The van der Waals surface area contributed by atoms with Gasteiger partial charge in [-0.05, 0) is 25.8 Å². The van der Waals surface area contributed by atoms with E-state index in [9.17, 15) is 18.8 Å². The van der Waals surface area contributed by atoms with Crippen LogP contribution in [0.3, 0.4) is 0 Å². The van der Waals surface area contributed by atoms with Gasteiger partial charge in [0.1, 0.15) is 11.4 Å². The molecule has 0 saturated heterocycles. The predicted molar refractivity (Wildman–Crippen MR) is 77.8 cm³/mol. The second kappa shape index (κ2) is 4.94. The molecule has 0 saturated carbocycles. The molecule has 0 aliphatic carbocycles. The summed E-state index contributed by atoms with van der Waals surface area (Å²) in [7, 11) is 0. The zero-order valence-electron chi connectivity index (χ0n) is 11.7. The monoisotopic (exact) mass is 304 g/mol. The highest BCUT2D eigenvalue weighted by molar-refractivity contribution is 5.96. The number of aromatic nitrogens is 1. The van der Waals surface area contributed by atoms with Crippen molar-refractivity contribution in [3.63, 3.8) is 0 Å². The Morgan fingerprint density at radius 2 is 2.27 bits per heavy atom. The highest BCUT2D eigenvalue weighted by Gasteiger charge is 2.26. The molecular weight excluding hydrogens is 291 g/mol. The lowest BCUT2D eigenvalue weighted by atomic mass is 9.94. The summed E-state index contributed by atoms with van der Waals surface area (Å²) < 4.78 is 15.9. The van der Waals surface area contributed by atoms with Crippen molar-refractivity contribution < 1.29 is 19.1 Å². The number of carboxylic acids is 1. The van der Waals surface area contributed by atoms with Crippen LogP contribution in [0.15, 0.2) is 17.1 Å². The molecule has 0 radical (unpaired) electrons. The Bertz CT molecular complexity index is 872. The molecule has 0 spiro atoms. The lowest BCUT2D eigenvalue weighted by Crippen LogP contribution is -2.24. The Kier molecular flexibility index (Phi) is 3.20. The van der Waals surface area contributed by atoms with E-state index in [0.717, 1.165) is 6.07 Å². The molecule has 22 heavy (non-hydrogen) atoms. The van der Waals surface area contributed by atoms with Crippen LogP contribution in [0.25, 0.3) is 10.9 Å². The average molecular weight is 304 g/mol. The van der Waals surface area contributed by atoms with Crippen molar-refractivity contribution in [2.24, 2.45) is 0 Å². The van der Waals surface area contributed by atoms with E-state index >= 15 is 0 Å². The number of nitrogens with one attached hydrogen (secondary N) is 1. The van der Waals surface area contributed by atoms with E-state index in [0.29, 0.717) is 30.3 Å². The summed E-state index contributed by atoms with van der Waals surface area (Å²) in [6.45, 7) is 1.90. The minimum Gasteiger partial charge on any atom is -0.477 e. The van der Waals surface area contributed by atoms with Gasteiger partial charge in [-0.1, -0.05) is 0 Å². The quantitative estimate of drug-likeness (QED) is 0.848. The average Bonchev–Trinajstić information content (AvgIpc) is 2.47. The van der Waals surface area contributed by atoms with Gasteiger partial charge in [0.15, 0.2) is 0 Å². The summed E-state index contributed by atoms with van der Waals surface area (Å²) in [5, 5.41) is 11.5. The number of hydrogen-bond acceptors (Lipinski definition) is 3. The number of aryl methyl sites for hydroxylation is 1. The van der Waals surface area contributed by atoms with Crippen molar-refractivity contribution in [3.05, 3.63) is 39.4 Å². The Morgan fingerprint density at radius 3 is 2.91 bits per heavy atom. The third-order valence-corrected chi connectivity index (χ3v) is 4.09. The molecule has 1 aliphatic heterocycles. The molecule has 1 atom stereocenters. The fourth-order valence-electron chi connectivity index (χ4n) is 3.02. The summed E-state index contributed by atoms with van der Waals surface area (Å²) in [6, 6.07) is 0.969. The van der Waals surface area contributed by atoms with Gasteiger partial charge in [0.25, 0.3) is 0 Å². The van der Waals surface area contributed by atoms with Crippen molar-refractivity contribution in [1.82, 2.24) is 4.57 Å². The number of aromatic carboxylic acids is 1. The molecule has 114 valence electrons. The topological polar surface area (TPSA) is 88.4 Å². The van der Waals surface area contributed by atoms with Crippen molar-refractivity contribution >= 4 is 29.0 Å². The number of carbonyl (C=O) groups excluding carboxylic acids is 1. The molecule has 2 aromatic rings. The summed E-state index contributed by atoms with van der Waals surface area (Å²) >= 11 is 0. The largest absolute Gasteiger partial charge is 0.477 e. The van der Waals surface area contributed by atoms with Gasteiger partial charge in [0.2, 0.25) is 11.8 Å². The lowest BCUT2D eigenvalue weighted by Gasteiger charge is -2.28. The van der Waals surface area contributed by atoms with Gasteiger partial charge < -0.3 is 15.0 Å². The third kappa shape index (κ3) is 1.89. The van der Waals surface area contributed by atoms with Gasteiger partial charge >= 0.3 is 5.97 Å². The highest BCUT2D eigenvalue weighted by atomic mass is 19.1. The maximum Gasteiger partial charge on any atom is 0.341 e. The second-order valence-electron chi connectivity index (χ2n) is 5.34. The van der Waals surface area contributed by atoms with Crippen molar-refractivity contribution in [3.8, 4) is 0 Å². The van der Waals surface area contributed by atoms with E-state index in [4.69, 9.17) is 5.11 Å². The number of carboxylic acid groups (broad SMARTS) is 1.